The Labute approximate surface area is 126 Å². The Morgan fingerprint density at radius 1 is 1.24 bits per heavy atom. The largest absolute Gasteiger partial charge is 0.490 e. The van der Waals surface area contributed by atoms with Gasteiger partial charge in [-0.3, -0.25) is 4.79 Å². The smallest absolute Gasteiger partial charge is 0.286 e. The molecular formula is C13H16N4O3S. The summed E-state index contributed by atoms with van der Waals surface area (Å²) in [7, 11) is 0. The molecule has 2 rings (SSSR count). The molecule has 21 heavy (non-hydrogen) atoms. The zero-order valence-corrected chi connectivity index (χ0v) is 12.6. The number of ether oxygens (including phenoxy) is 2. The number of nitrogen functional groups attached to an aromatic ring is 1. The van der Waals surface area contributed by atoms with Gasteiger partial charge in [-0.15, -0.1) is 10.2 Å². The first kappa shape index (κ1) is 15.0. The van der Waals surface area contributed by atoms with E-state index >= 15 is 0 Å². The van der Waals surface area contributed by atoms with Crippen molar-refractivity contribution >= 4 is 28.1 Å². The second kappa shape index (κ2) is 6.89. The Morgan fingerprint density at radius 3 is 2.57 bits per heavy atom. The van der Waals surface area contributed by atoms with E-state index in [1.165, 1.54) is 0 Å². The lowest BCUT2D eigenvalue weighted by molar-refractivity contribution is 0.102. The topological polar surface area (TPSA) is 99.4 Å². The van der Waals surface area contributed by atoms with Gasteiger partial charge in [-0.2, -0.15) is 0 Å². The summed E-state index contributed by atoms with van der Waals surface area (Å²) < 4.78 is 11.0. The molecule has 0 atom stereocenters. The summed E-state index contributed by atoms with van der Waals surface area (Å²) in [5.74, 6) is 0.849. The van der Waals surface area contributed by atoms with Crippen molar-refractivity contribution in [2.75, 3.05) is 24.3 Å². The number of anilines is 2. The molecule has 0 spiro atoms. The fraction of sp³-hybridized carbons (Fsp3) is 0.308. The van der Waals surface area contributed by atoms with Gasteiger partial charge in [-0.05, 0) is 26.0 Å². The van der Waals surface area contributed by atoms with Crippen molar-refractivity contribution in [3.8, 4) is 11.5 Å². The van der Waals surface area contributed by atoms with Gasteiger partial charge in [0.05, 0.1) is 13.2 Å². The van der Waals surface area contributed by atoms with Crippen LogP contribution in [0.25, 0.3) is 0 Å². The number of hydrogen-bond acceptors (Lipinski definition) is 7. The molecule has 0 unspecified atom stereocenters. The van der Waals surface area contributed by atoms with Crippen LogP contribution in [0.2, 0.25) is 0 Å². The highest BCUT2D eigenvalue weighted by Gasteiger charge is 2.13. The number of nitrogens with one attached hydrogen (secondary N) is 1. The van der Waals surface area contributed by atoms with E-state index in [0.29, 0.717) is 30.4 Å². The third kappa shape index (κ3) is 3.82. The Bertz CT molecular complexity index is 630. The second-order valence-corrected chi connectivity index (χ2v) is 4.94. The van der Waals surface area contributed by atoms with Crippen molar-refractivity contribution < 1.29 is 14.3 Å². The Morgan fingerprint density at radius 2 is 1.95 bits per heavy atom. The van der Waals surface area contributed by atoms with Gasteiger partial charge in [0, 0.05) is 11.8 Å². The van der Waals surface area contributed by atoms with Crippen LogP contribution in [0, 0.1) is 0 Å². The molecule has 3 N–H and O–H groups in total. The number of rotatable bonds is 6. The fourth-order valence-electron chi connectivity index (χ4n) is 1.64. The van der Waals surface area contributed by atoms with Gasteiger partial charge < -0.3 is 20.5 Å². The van der Waals surface area contributed by atoms with E-state index in [4.69, 9.17) is 15.2 Å². The number of carbonyl (C=O) groups is 1. The predicted molar refractivity (Wildman–Crippen MR) is 81.1 cm³/mol. The van der Waals surface area contributed by atoms with Crippen LogP contribution in [0.15, 0.2) is 18.2 Å². The van der Waals surface area contributed by atoms with Crippen LogP contribution in [0.1, 0.15) is 23.6 Å². The highest BCUT2D eigenvalue weighted by Crippen LogP contribution is 2.30. The van der Waals surface area contributed by atoms with E-state index in [2.05, 4.69) is 15.5 Å². The van der Waals surface area contributed by atoms with Crippen LogP contribution >= 0.6 is 11.3 Å². The number of amides is 1. The van der Waals surface area contributed by atoms with Crippen LogP contribution in [0.3, 0.4) is 0 Å². The predicted octanol–water partition coefficient (Wildman–Crippen LogP) is 2.17. The van der Waals surface area contributed by atoms with Gasteiger partial charge in [0.25, 0.3) is 5.91 Å². The number of hydrogen-bond donors (Lipinski definition) is 2. The first-order chi connectivity index (χ1) is 10.1. The zero-order chi connectivity index (χ0) is 15.2. The van der Waals surface area contributed by atoms with E-state index in [-0.39, 0.29) is 16.0 Å². The summed E-state index contributed by atoms with van der Waals surface area (Å²) in [4.78, 5) is 12.0. The van der Waals surface area contributed by atoms with E-state index in [1.807, 2.05) is 13.8 Å². The van der Waals surface area contributed by atoms with E-state index in [0.717, 1.165) is 11.3 Å². The van der Waals surface area contributed by atoms with Crippen LogP contribution < -0.4 is 20.5 Å². The van der Waals surface area contributed by atoms with Crippen molar-refractivity contribution in [3.05, 3.63) is 23.2 Å². The maximum absolute atomic E-state index is 12.0. The zero-order valence-electron chi connectivity index (χ0n) is 11.8. The minimum atomic E-state index is -0.365. The van der Waals surface area contributed by atoms with Crippen LogP contribution in [-0.4, -0.2) is 29.3 Å². The lowest BCUT2D eigenvalue weighted by atomic mass is 10.2. The number of nitrogens with zero attached hydrogens (tertiary/aromatic N) is 2. The molecule has 1 aromatic heterocycles. The van der Waals surface area contributed by atoms with Gasteiger partial charge in [0.15, 0.2) is 11.5 Å². The van der Waals surface area contributed by atoms with Gasteiger partial charge >= 0.3 is 0 Å². The van der Waals surface area contributed by atoms with E-state index in [9.17, 15) is 4.79 Å². The molecule has 0 saturated heterocycles. The summed E-state index contributed by atoms with van der Waals surface area (Å²) in [5.41, 5.74) is 6.04. The van der Waals surface area contributed by atoms with Crippen molar-refractivity contribution in [2.24, 2.45) is 0 Å². The molecule has 0 saturated carbocycles. The SMILES string of the molecule is CCOc1ccc(NC(=O)c2nnc(N)s2)cc1OCC. The molecule has 0 aliphatic carbocycles. The number of carbonyl (C=O) groups excluding carboxylic acids is 1. The number of nitrogens with two attached hydrogens (primary N) is 1. The second-order valence-electron chi connectivity index (χ2n) is 3.93. The quantitative estimate of drug-likeness (QED) is 0.848. The van der Waals surface area contributed by atoms with Gasteiger partial charge in [-0.25, -0.2) is 0 Å². The fourth-order valence-corrected chi connectivity index (χ4v) is 2.14. The molecule has 0 fully saturated rings. The summed E-state index contributed by atoms with van der Waals surface area (Å²) in [6.07, 6.45) is 0. The van der Waals surface area contributed by atoms with Gasteiger partial charge in [0.2, 0.25) is 10.1 Å². The Kier molecular flexibility index (Phi) is 4.94. The van der Waals surface area contributed by atoms with Crippen molar-refractivity contribution in [1.29, 1.82) is 0 Å². The molecule has 0 radical (unpaired) electrons. The monoisotopic (exact) mass is 308 g/mol. The molecule has 0 bridgehead atoms. The molecule has 2 aromatic rings. The maximum atomic E-state index is 12.0. The minimum Gasteiger partial charge on any atom is -0.490 e. The van der Waals surface area contributed by atoms with Gasteiger partial charge in [0.1, 0.15) is 0 Å². The molecule has 112 valence electrons. The molecule has 1 heterocycles. The highest BCUT2D eigenvalue weighted by molar-refractivity contribution is 7.16. The third-order valence-electron chi connectivity index (χ3n) is 2.44. The van der Waals surface area contributed by atoms with Crippen LogP contribution in [-0.2, 0) is 0 Å². The molecule has 1 aromatic carbocycles. The number of benzene rings is 1. The molecule has 1 amide bonds. The van der Waals surface area contributed by atoms with Crippen LogP contribution in [0.5, 0.6) is 11.5 Å². The van der Waals surface area contributed by atoms with Crippen molar-refractivity contribution in [3.63, 3.8) is 0 Å². The Balaban J connectivity index is 2.16. The lowest BCUT2D eigenvalue weighted by Gasteiger charge is -2.12. The summed E-state index contributed by atoms with van der Waals surface area (Å²) in [6, 6.07) is 5.19. The summed E-state index contributed by atoms with van der Waals surface area (Å²) in [6.45, 7) is 4.82. The lowest BCUT2D eigenvalue weighted by Crippen LogP contribution is -2.12. The third-order valence-corrected chi connectivity index (χ3v) is 3.19. The van der Waals surface area contributed by atoms with Crippen molar-refractivity contribution in [2.45, 2.75) is 13.8 Å². The molecule has 0 aliphatic heterocycles. The molecular weight excluding hydrogens is 292 g/mol. The van der Waals surface area contributed by atoms with Crippen molar-refractivity contribution in [1.82, 2.24) is 10.2 Å². The average Bonchev–Trinajstić information content (AvgIpc) is 2.89. The molecule has 0 aliphatic rings. The summed E-state index contributed by atoms with van der Waals surface area (Å²) in [5, 5.41) is 10.5. The summed E-state index contributed by atoms with van der Waals surface area (Å²) >= 11 is 1.03. The Hall–Kier alpha value is -2.35. The number of aromatic nitrogens is 2. The standard InChI is InChI=1S/C13H16N4O3S/c1-3-19-9-6-5-8(7-10(9)20-4-2)15-11(18)12-16-17-13(14)21-12/h5-7H,3-4H2,1-2H3,(H2,14,17)(H,15,18). The molecule has 7 nitrogen and oxygen atoms in total. The minimum absolute atomic E-state index is 0.208. The first-order valence-corrected chi connectivity index (χ1v) is 7.25. The normalized spacial score (nSPS) is 10.2. The highest BCUT2D eigenvalue weighted by atomic mass is 32.1. The molecule has 8 heteroatoms. The average molecular weight is 308 g/mol. The van der Waals surface area contributed by atoms with Crippen LogP contribution in [0.4, 0.5) is 10.8 Å². The maximum Gasteiger partial charge on any atom is 0.286 e. The van der Waals surface area contributed by atoms with E-state index < -0.39 is 0 Å². The first-order valence-electron chi connectivity index (χ1n) is 6.44. The van der Waals surface area contributed by atoms with E-state index in [1.54, 1.807) is 18.2 Å². The van der Waals surface area contributed by atoms with Gasteiger partial charge in [-0.1, -0.05) is 11.3 Å².